The van der Waals surface area contributed by atoms with Crippen LogP contribution in [-0.2, 0) is 0 Å². The Morgan fingerprint density at radius 2 is 2.00 bits per heavy atom. The second-order valence-electron chi connectivity index (χ2n) is 3.42. The van der Waals surface area contributed by atoms with Crippen molar-refractivity contribution < 1.29 is 0 Å². The van der Waals surface area contributed by atoms with Crippen molar-refractivity contribution in [1.29, 1.82) is 0 Å². The maximum absolute atomic E-state index is 5.79. The molecule has 0 radical (unpaired) electrons. The van der Waals surface area contributed by atoms with Gasteiger partial charge in [-0.1, -0.05) is 11.6 Å². The molecule has 1 atom stereocenters. The van der Waals surface area contributed by atoms with Crippen molar-refractivity contribution in [2.24, 2.45) is 5.73 Å². The molecule has 0 fully saturated rings. The summed E-state index contributed by atoms with van der Waals surface area (Å²) in [6.45, 7) is 3.62. The summed E-state index contributed by atoms with van der Waals surface area (Å²) in [5.41, 5.74) is 5.79. The van der Waals surface area contributed by atoms with E-state index in [2.05, 4.69) is 20.1 Å². The Morgan fingerprint density at radius 1 is 1.38 bits per heavy atom. The van der Waals surface area contributed by atoms with Gasteiger partial charge in [0.05, 0.1) is 23.5 Å². The molecule has 0 saturated heterocycles. The van der Waals surface area contributed by atoms with E-state index in [1.807, 2.05) is 6.92 Å². The number of aryl methyl sites for hydroxylation is 1. The summed E-state index contributed by atoms with van der Waals surface area (Å²) < 4.78 is 1.52. The lowest BCUT2D eigenvalue weighted by Gasteiger charge is -2.05. The molecule has 0 aliphatic heterocycles. The van der Waals surface area contributed by atoms with Crippen LogP contribution < -0.4 is 5.73 Å². The fourth-order valence-electron chi connectivity index (χ4n) is 1.29. The van der Waals surface area contributed by atoms with Crippen LogP contribution in [-0.4, -0.2) is 24.7 Å². The molecule has 84 valence electrons. The highest BCUT2D eigenvalue weighted by molar-refractivity contribution is 6.30. The van der Waals surface area contributed by atoms with Crippen LogP contribution in [0, 0.1) is 6.92 Å². The number of halogens is 1. The zero-order valence-electron chi connectivity index (χ0n) is 8.92. The molecule has 2 aromatic rings. The van der Waals surface area contributed by atoms with E-state index in [9.17, 15) is 0 Å². The summed E-state index contributed by atoms with van der Waals surface area (Å²) in [6.07, 6.45) is 3.01. The predicted octanol–water partition coefficient (Wildman–Crippen LogP) is 1.04. The highest BCUT2D eigenvalue weighted by Crippen LogP contribution is 2.12. The summed E-state index contributed by atoms with van der Waals surface area (Å²) in [7, 11) is 0. The average Bonchev–Trinajstić information content (AvgIpc) is 2.61. The van der Waals surface area contributed by atoms with Crippen molar-refractivity contribution in [3.63, 3.8) is 0 Å². The molecule has 0 amide bonds. The molecule has 0 bridgehead atoms. The summed E-state index contributed by atoms with van der Waals surface area (Å²) in [5, 5.41) is 4.66. The van der Waals surface area contributed by atoms with Gasteiger partial charge in [0.25, 0.3) is 5.95 Å². The number of hydrogen-bond donors (Lipinski definition) is 1. The van der Waals surface area contributed by atoms with Crippen LogP contribution >= 0.6 is 11.6 Å². The van der Waals surface area contributed by atoms with Crippen LogP contribution in [0.3, 0.4) is 0 Å². The smallest absolute Gasteiger partial charge is 0.252 e. The van der Waals surface area contributed by atoms with Gasteiger partial charge >= 0.3 is 0 Å². The van der Waals surface area contributed by atoms with Gasteiger partial charge in [-0.15, -0.1) is 5.10 Å². The van der Waals surface area contributed by atoms with Gasteiger partial charge in [0.2, 0.25) is 0 Å². The Kier molecular flexibility index (Phi) is 2.84. The number of hydrogen-bond acceptors (Lipinski definition) is 5. The molecule has 0 aliphatic rings. The Labute approximate surface area is 97.5 Å². The lowest BCUT2D eigenvalue weighted by molar-refractivity contribution is 0.668. The van der Waals surface area contributed by atoms with Gasteiger partial charge in [0, 0.05) is 0 Å². The minimum atomic E-state index is -0.236. The predicted molar refractivity (Wildman–Crippen MR) is 59.3 cm³/mol. The Morgan fingerprint density at radius 3 is 2.56 bits per heavy atom. The molecule has 0 aliphatic carbocycles. The first-order chi connectivity index (χ1) is 7.58. The van der Waals surface area contributed by atoms with E-state index in [0.29, 0.717) is 22.6 Å². The van der Waals surface area contributed by atoms with Gasteiger partial charge in [-0.25, -0.2) is 15.0 Å². The molecule has 2 heterocycles. The number of nitrogens with zero attached hydrogens (tertiary/aromatic N) is 5. The minimum Gasteiger partial charge on any atom is -0.322 e. The summed E-state index contributed by atoms with van der Waals surface area (Å²) in [4.78, 5) is 12.4. The molecule has 2 rings (SSSR count). The maximum Gasteiger partial charge on any atom is 0.252 e. The van der Waals surface area contributed by atoms with E-state index in [0.717, 1.165) is 0 Å². The molecule has 1 unspecified atom stereocenters. The fraction of sp³-hybridized carbons (Fsp3) is 0.333. The fourth-order valence-corrected chi connectivity index (χ4v) is 1.39. The van der Waals surface area contributed by atoms with Crippen LogP contribution in [0.5, 0.6) is 0 Å². The average molecular weight is 239 g/mol. The van der Waals surface area contributed by atoms with Gasteiger partial charge in [0.15, 0.2) is 5.82 Å². The van der Waals surface area contributed by atoms with E-state index in [1.54, 1.807) is 6.92 Å². The van der Waals surface area contributed by atoms with Crippen LogP contribution in [0.1, 0.15) is 24.6 Å². The molecular weight excluding hydrogens is 228 g/mol. The zero-order chi connectivity index (χ0) is 11.7. The highest BCUT2D eigenvalue weighted by atomic mass is 35.5. The maximum atomic E-state index is 5.79. The third kappa shape index (κ3) is 2.02. The van der Waals surface area contributed by atoms with Crippen molar-refractivity contribution in [3.8, 4) is 5.95 Å². The molecule has 0 spiro atoms. The number of nitrogens with two attached hydrogens (primary N) is 1. The molecular formula is C9H11ClN6. The summed E-state index contributed by atoms with van der Waals surface area (Å²) in [6, 6.07) is -0.236. The third-order valence-electron chi connectivity index (χ3n) is 1.94. The first-order valence-electron chi connectivity index (χ1n) is 4.75. The second-order valence-corrected chi connectivity index (χ2v) is 3.86. The number of rotatable bonds is 2. The molecule has 0 aromatic carbocycles. The van der Waals surface area contributed by atoms with Gasteiger partial charge in [-0.3, -0.25) is 0 Å². The first-order valence-corrected chi connectivity index (χ1v) is 5.13. The zero-order valence-corrected chi connectivity index (χ0v) is 9.68. The van der Waals surface area contributed by atoms with E-state index in [4.69, 9.17) is 17.3 Å². The normalized spacial score (nSPS) is 12.8. The van der Waals surface area contributed by atoms with Crippen molar-refractivity contribution in [2.75, 3.05) is 0 Å². The molecule has 7 heteroatoms. The minimum absolute atomic E-state index is 0.236. The van der Waals surface area contributed by atoms with Crippen molar-refractivity contribution in [3.05, 3.63) is 29.1 Å². The van der Waals surface area contributed by atoms with E-state index in [-0.39, 0.29) is 6.04 Å². The highest BCUT2D eigenvalue weighted by Gasteiger charge is 2.14. The van der Waals surface area contributed by atoms with Gasteiger partial charge < -0.3 is 5.73 Å². The Balaban J connectivity index is 2.50. The van der Waals surface area contributed by atoms with Crippen molar-refractivity contribution >= 4 is 11.6 Å². The Hall–Kier alpha value is -1.53. The van der Waals surface area contributed by atoms with Crippen molar-refractivity contribution in [1.82, 2.24) is 24.7 Å². The van der Waals surface area contributed by atoms with E-state index >= 15 is 0 Å². The van der Waals surface area contributed by atoms with Crippen LogP contribution in [0.4, 0.5) is 0 Å². The van der Waals surface area contributed by atoms with E-state index in [1.165, 1.54) is 17.1 Å². The third-order valence-corrected chi connectivity index (χ3v) is 2.14. The lowest BCUT2D eigenvalue weighted by atomic mass is 10.3. The molecule has 2 N–H and O–H groups in total. The van der Waals surface area contributed by atoms with Gasteiger partial charge in [-0.05, 0) is 13.8 Å². The molecule has 2 aromatic heterocycles. The van der Waals surface area contributed by atoms with Crippen molar-refractivity contribution in [2.45, 2.75) is 19.9 Å². The molecule has 6 nitrogen and oxygen atoms in total. The number of aromatic nitrogens is 5. The topological polar surface area (TPSA) is 82.5 Å². The lowest BCUT2D eigenvalue weighted by Crippen LogP contribution is -2.15. The molecule has 0 saturated carbocycles. The van der Waals surface area contributed by atoms with Crippen LogP contribution in [0.25, 0.3) is 5.95 Å². The van der Waals surface area contributed by atoms with Crippen LogP contribution in [0.2, 0.25) is 5.02 Å². The molecule has 16 heavy (non-hydrogen) atoms. The second kappa shape index (κ2) is 4.15. The standard InChI is InChI=1S/C9H11ClN6/c1-5(11)8-14-6(2)15-16(8)9-12-3-7(10)4-13-9/h3-5H,11H2,1-2H3. The summed E-state index contributed by atoms with van der Waals surface area (Å²) >= 11 is 5.71. The largest absolute Gasteiger partial charge is 0.322 e. The first kappa shape index (κ1) is 11.0. The van der Waals surface area contributed by atoms with Crippen LogP contribution in [0.15, 0.2) is 12.4 Å². The van der Waals surface area contributed by atoms with E-state index < -0.39 is 0 Å². The van der Waals surface area contributed by atoms with Gasteiger partial charge in [0.1, 0.15) is 5.82 Å². The quantitative estimate of drug-likeness (QED) is 0.845. The SMILES string of the molecule is Cc1nc(C(C)N)n(-c2ncc(Cl)cn2)n1. The van der Waals surface area contributed by atoms with Gasteiger partial charge in [-0.2, -0.15) is 4.68 Å². The summed E-state index contributed by atoms with van der Waals surface area (Å²) in [5.74, 6) is 1.67. The Bertz CT molecular complexity index is 489. The monoisotopic (exact) mass is 238 g/mol.